The quantitative estimate of drug-likeness (QED) is 0.695. The Balaban J connectivity index is 1.50. The molecule has 2 aliphatic rings. The van der Waals surface area contributed by atoms with Gasteiger partial charge in [-0.25, -0.2) is 4.79 Å². The highest BCUT2D eigenvalue weighted by atomic mass is 16.7. The highest BCUT2D eigenvalue weighted by Gasteiger charge is 2.49. The van der Waals surface area contributed by atoms with Gasteiger partial charge in [-0.15, -0.1) is 0 Å². The summed E-state index contributed by atoms with van der Waals surface area (Å²) in [4.78, 5) is 39.4. The Kier molecular flexibility index (Phi) is 5.31. The average molecular weight is 423 g/mol. The van der Waals surface area contributed by atoms with Gasteiger partial charge in [-0.3, -0.25) is 14.5 Å². The molecule has 31 heavy (non-hydrogen) atoms. The van der Waals surface area contributed by atoms with Crippen LogP contribution in [0.1, 0.15) is 44.2 Å². The summed E-state index contributed by atoms with van der Waals surface area (Å²) in [6.45, 7) is 5.51. The smallest absolute Gasteiger partial charge is 0.325 e. The number of urea groups is 1. The summed E-state index contributed by atoms with van der Waals surface area (Å²) in [6, 6.07) is 12.0. The summed E-state index contributed by atoms with van der Waals surface area (Å²) in [5.74, 6) is 0.428. The number of ether oxygens (including phenoxy) is 2. The van der Waals surface area contributed by atoms with E-state index >= 15 is 0 Å². The molecule has 2 aromatic carbocycles. The van der Waals surface area contributed by atoms with Crippen LogP contribution in [0.4, 0.5) is 10.5 Å². The molecule has 2 atom stereocenters. The van der Waals surface area contributed by atoms with E-state index in [2.05, 4.69) is 24.5 Å². The van der Waals surface area contributed by atoms with E-state index in [4.69, 9.17) is 9.47 Å². The van der Waals surface area contributed by atoms with Gasteiger partial charge in [-0.1, -0.05) is 38.1 Å². The van der Waals surface area contributed by atoms with Crippen LogP contribution in [-0.4, -0.2) is 36.1 Å². The molecular weight excluding hydrogens is 398 g/mol. The minimum atomic E-state index is -1.30. The van der Waals surface area contributed by atoms with Crippen LogP contribution in [0.3, 0.4) is 0 Å². The Morgan fingerprint density at radius 1 is 1.19 bits per heavy atom. The number of carbonyl (C=O) groups excluding carboxylic acids is 3. The molecule has 8 heteroatoms. The van der Waals surface area contributed by atoms with Crippen LogP contribution in [0.25, 0.3) is 0 Å². The lowest BCUT2D eigenvalue weighted by Crippen LogP contribution is -2.42. The standard InChI is InChI=1S/C23H25N3O5/c1-4-14(2)16-7-5-6-8-17(16)24-20(27)12-26-21(28)23(3,25-22(26)29)15-9-10-18-19(11-15)31-13-30-18/h5-11,14H,4,12-13H2,1-3H3,(H,24,27)(H,25,29)/t14-,23-/m0/s1. The lowest BCUT2D eigenvalue weighted by molar-refractivity contribution is -0.133. The summed E-state index contributed by atoms with van der Waals surface area (Å²) in [5, 5.41) is 5.55. The van der Waals surface area contributed by atoms with Crippen molar-refractivity contribution in [2.45, 2.75) is 38.6 Å². The van der Waals surface area contributed by atoms with E-state index in [1.807, 2.05) is 24.3 Å². The van der Waals surface area contributed by atoms with Crippen LogP contribution in [0.5, 0.6) is 11.5 Å². The molecule has 0 aromatic heterocycles. The van der Waals surface area contributed by atoms with E-state index in [9.17, 15) is 14.4 Å². The number of anilines is 1. The highest BCUT2D eigenvalue weighted by molar-refractivity contribution is 6.10. The molecule has 0 bridgehead atoms. The molecule has 2 aromatic rings. The first-order valence-corrected chi connectivity index (χ1v) is 10.3. The molecule has 0 saturated carbocycles. The van der Waals surface area contributed by atoms with Crippen molar-refractivity contribution >= 4 is 23.5 Å². The van der Waals surface area contributed by atoms with Crippen LogP contribution in [0.2, 0.25) is 0 Å². The van der Waals surface area contributed by atoms with E-state index in [0.717, 1.165) is 16.9 Å². The van der Waals surface area contributed by atoms with Crippen molar-refractivity contribution in [1.29, 1.82) is 0 Å². The van der Waals surface area contributed by atoms with Gasteiger partial charge in [-0.05, 0) is 48.6 Å². The summed E-state index contributed by atoms with van der Waals surface area (Å²) >= 11 is 0. The first-order valence-electron chi connectivity index (χ1n) is 10.3. The van der Waals surface area contributed by atoms with E-state index in [0.29, 0.717) is 22.7 Å². The Hall–Kier alpha value is -3.55. The topological polar surface area (TPSA) is 97.0 Å². The number of amides is 4. The number of nitrogens with one attached hydrogen (secondary N) is 2. The SMILES string of the molecule is CC[C@H](C)c1ccccc1NC(=O)CN1C(=O)N[C@@](C)(c2ccc3c(c2)OCO3)C1=O. The van der Waals surface area contributed by atoms with Crippen LogP contribution < -0.4 is 20.1 Å². The van der Waals surface area contributed by atoms with E-state index in [-0.39, 0.29) is 19.3 Å². The van der Waals surface area contributed by atoms with Crippen molar-refractivity contribution in [3.05, 3.63) is 53.6 Å². The molecule has 2 N–H and O–H groups in total. The Morgan fingerprint density at radius 2 is 1.94 bits per heavy atom. The van der Waals surface area contributed by atoms with Gasteiger partial charge < -0.3 is 20.1 Å². The second-order valence-electron chi connectivity index (χ2n) is 7.96. The third-order valence-electron chi connectivity index (χ3n) is 5.90. The maximum absolute atomic E-state index is 13.1. The molecule has 1 saturated heterocycles. The number of hydrogen-bond acceptors (Lipinski definition) is 5. The lowest BCUT2D eigenvalue weighted by atomic mass is 9.91. The number of imide groups is 1. The number of carbonyl (C=O) groups is 3. The largest absolute Gasteiger partial charge is 0.454 e. The van der Waals surface area contributed by atoms with Gasteiger partial charge >= 0.3 is 6.03 Å². The predicted molar refractivity (Wildman–Crippen MR) is 114 cm³/mol. The molecule has 4 rings (SSSR count). The fourth-order valence-corrected chi connectivity index (χ4v) is 3.84. The molecule has 2 heterocycles. The van der Waals surface area contributed by atoms with Gasteiger partial charge in [0.15, 0.2) is 11.5 Å². The van der Waals surface area contributed by atoms with Crippen molar-refractivity contribution in [2.24, 2.45) is 0 Å². The van der Waals surface area contributed by atoms with Gasteiger partial charge in [-0.2, -0.15) is 0 Å². The first kappa shape index (κ1) is 20.7. The predicted octanol–water partition coefficient (Wildman–Crippen LogP) is 3.33. The monoisotopic (exact) mass is 423 g/mol. The third-order valence-corrected chi connectivity index (χ3v) is 5.90. The number of hydrogen-bond donors (Lipinski definition) is 2. The Morgan fingerprint density at radius 3 is 2.71 bits per heavy atom. The molecule has 0 aliphatic carbocycles. The first-order chi connectivity index (χ1) is 14.8. The van der Waals surface area contributed by atoms with Crippen molar-refractivity contribution in [1.82, 2.24) is 10.2 Å². The molecule has 8 nitrogen and oxygen atoms in total. The van der Waals surface area contributed by atoms with Crippen LogP contribution in [0, 0.1) is 0 Å². The molecule has 4 amide bonds. The second kappa shape index (κ2) is 7.94. The second-order valence-corrected chi connectivity index (χ2v) is 7.96. The zero-order valence-corrected chi connectivity index (χ0v) is 17.7. The molecule has 2 aliphatic heterocycles. The molecule has 0 unspecified atom stereocenters. The minimum absolute atomic E-state index is 0.111. The minimum Gasteiger partial charge on any atom is -0.454 e. The number of rotatable bonds is 6. The number of nitrogens with zero attached hydrogens (tertiary/aromatic N) is 1. The van der Waals surface area contributed by atoms with Crippen molar-refractivity contribution in [3.8, 4) is 11.5 Å². The van der Waals surface area contributed by atoms with Gasteiger partial charge in [0.25, 0.3) is 5.91 Å². The Bertz CT molecular complexity index is 1050. The lowest BCUT2D eigenvalue weighted by Gasteiger charge is -2.22. The maximum Gasteiger partial charge on any atom is 0.325 e. The number of benzene rings is 2. The van der Waals surface area contributed by atoms with Crippen LogP contribution >= 0.6 is 0 Å². The average Bonchev–Trinajstić information content (AvgIpc) is 3.32. The van der Waals surface area contributed by atoms with Crippen LogP contribution in [-0.2, 0) is 15.1 Å². The summed E-state index contributed by atoms with van der Waals surface area (Å²) < 4.78 is 10.7. The van der Waals surface area contributed by atoms with E-state index in [1.54, 1.807) is 25.1 Å². The fourth-order valence-electron chi connectivity index (χ4n) is 3.84. The van der Waals surface area contributed by atoms with Gasteiger partial charge in [0.1, 0.15) is 12.1 Å². The molecule has 0 spiro atoms. The summed E-state index contributed by atoms with van der Waals surface area (Å²) in [5.41, 5.74) is 0.959. The zero-order valence-electron chi connectivity index (χ0n) is 17.7. The van der Waals surface area contributed by atoms with Gasteiger partial charge in [0, 0.05) is 5.69 Å². The van der Waals surface area contributed by atoms with Gasteiger partial charge in [0.05, 0.1) is 0 Å². The normalized spacial score (nSPS) is 20.5. The van der Waals surface area contributed by atoms with Crippen molar-refractivity contribution < 1.29 is 23.9 Å². The Labute approximate surface area is 180 Å². The van der Waals surface area contributed by atoms with E-state index < -0.39 is 23.4 Å². The maximum atomic E-state index is 13.1. The van der Waals surface area contributed by atoms with Crippen LogP contribution in [0.15, 0.2) is 42.5 Å². The number of fused-ring (bicyclic) bond motifs is 1. The summed E-state index contributed by atoms with van der Waals surface area (Å²) in [6.07, 6.45) is 0.924. The molecule has 162 valence electrons. The fraction of sp³-hybridized carbons (Fsp3) is 0.348. The molecular formula is C23H25N3O5. The van der Waals surface area contributed by atoms with Crippen molar-refractivity contribution in [2.75, 3.05) is 18.7 Å². The zero-order chi connectivity index (χ0) is 22.2. The molecule has 1 fully saturated rings. The molecule has 0 radical (unpaired) electrons. The van der Waals surface area contributed by atoms with Crippen molar-refractivity contribution in [3.63, 3.8) is 0 Å². The highest BCUT2D eigenvalue weighted by Crippen LogP contribution is 2.37. The van der Waals surface area contributed by atoms with E-state index in [1.165, 1.54) is 0 Å². The summed E-state index contributed by atoms with van der Waals surface area (Å²) in [7, 11) is 0. The van der Waals surface area contributed by atoms with Gasteiger partial charge in [0.2, 0.25) is 12.7 Å². The third kappa shape index (κ3) is 3.69. The number of para-hydroxylation sites is 1.